The molecule has 0 saturated heterocycles. The zero-order valence-corrected chi connectivity index (χ0v) is 7.76. The van der Waals surface area contributed by atoms with Gasteiger partial charge in [0.1, 0.15) is 5.78 Å². The maximum atomic E-state index is 11.1. The molecule has 0 aliphatic rings. The molecule has 0 aliphatic heterocycles. The van der Waals surface area contributed by atoms with E-state index in [1.54, 1.807) is 13.8 Å². The van der Waals surface area contributed by atoms with Crippen LogP contribution < -0.4 is 5.56 Å². The first-order chi connectivity index (χ1) is 6.15. The van der Waals surface area contributed by atoms with Gasteiger partial charge >= 0.3 is 0 Å². The van der Waals surface area contributed by atoms with E-state index in [-0.39, 0.29) is 17.8 Å². The van der Waals surface area contributed by atoms with Gasteiger partial charge in [-0.15, -0.1) is 0 Å². The smallest absolute Gasteiger partial charge is 0.253 e. The third-order valence-corrected chi connectivity index (χ3v) is 1.95. The number of carbonyl (C=O) groups is 1. The lowest BCUT2D eigenvalue weighted by molar-refractivity contribution is -0.118. The Morgan fingerprint density at radius 1 is 1.62 bits per heavy atom. The van der Waals surface area contributed by atoms with Crippen molar-refractivity contribution < 1.29 is 4.79 Å². The fraction of sp³-hybridized carbons (Fsp3) is 0.444. The van der Waals surface area contributed by atoms with Crippen LogP contribution in [-0.2, 0) is 11.2 Å². The van der Waals surface area contributed by atoms with Crippen LogP contribution in [-0.4, -0.2) is 15.8 Å². The molecule has 0 spiro atoms. The van der Waals surface area contributed by atoms with E-state index >= 15 is 0 Å². The van der Waals surface area contributed by atoms with Gasteiger partial charge in [-0.2, -0.15) is 0 Å². The third-order valence-electron chi connectivity index (χ3n) is 1.95. The van der Waals surface area contributed by atoms with E-state index in [0.717, 1.165) is 0 Å². The summed E-state index contributed by atoms with van der Waals surface area (Å²) in [5, 5.41) is 0. The zero-order chi connectivity index (χ0) is 9.84. The van der Waals surface area contributed by atoms with E-state index in [0.29, 0.717) is 17.7 Å². The van der Waals surface area contributed by atoms with Crippen LogP contribution >= 0.6 is 0 Å². The van der Waals surface area contributed by atoms with Gasteiger partial charge < -0.3 is 4.98 Å². The van der Waals surface area contributed by atoms with Gasteiger partial charge in [0.2, 0.25) is 0 Å². The molecule has 70 valence electrons. The van der Waals surface area contributed by atoms with Crippen molar-refractivity contribution in [3.63, 3.8) is 0 Å². The summed E-state index contributed by atoms with van der Waals surface area (Å²) in [6.45, 7) is 3.47. The normalized spacial score (nSPS) is 10.0. The van der Waals surface area contributed by atoms with Crippen molar-refractivity contribution in [1.29, 1.82) is 0 Å². The summed E-state index contributed by atoms with van der Waals surface area (Å²) in [6, 6.07) is 0. The molecule has 0 aliphatic carbocycles. The number of hydrogen-bond acceptors (Lipinski definition) is 3. The van der Waals surface area contributed by atoms with Crippen LogP contribution in [0.4, 0.5) is 0 Å². The number of rotatable bonds is 3. The molecule has 1 rings (SSSR count). The predicted octanol–water partition coefficient (Wildman–Crippen LogP) is 0.600. The van der Waals surface area contributed by atoms with Crippen LogP contribution in [0.1, 0.15) is 24.6 Å². The molecule has 0 bridgehead atoms. The molecule has 0 atom stereocenters. The molecule has 0 amide bonds. The second kappa shape index (κ2) is 3.98. The van der Waals surface area contributed by atoms with Crippen LogP contribution in [0.3, 0.4) is 0 Å². The number of ketones is 1. The van der Waals surface area contributed by atoms with E-state index in [1.807, 2.05) is 0 Å². The second-order valence-corrected chi connectivity index (χ2v) is 2.87. The molecule has 1 aromatic rings. The van der Waals surface area contributed by atoms with E-state index < -0.39 is 0 Å². The van der Waals surface area contributed by atoms with Crippen molar-refractivity contribution >= 4 is 5.78 Å². The lowest BCUT2D eigenvalue weighted by Gasteiger charge is -2.00. The number of nitrogens with one attached hydrogen (secondary N) is 1. The van der Waals surface area contributed by atoms with Gasteiger partial charge in [-0.1, -0.05) is 6.92 Å². The average Bonchev–Trinajstić information content (AvgIpc) is 2.13. The minimum Gasteiger partial charge on any atom is -0.313 e. The third kappa shape index (κ3) is 2.24. The molecular weight excluding hydrogens is 168 g/mol. The van der Waals surface area contributed by atoms with E-state index in [4.69, 9.17) is 0 Å². The predicted molar refractivity (Wildman–Crippen MR) is 48.6 cm³/mol. The first-order valence-corrected chi connectivity index (χ1v) is 4.20. The number of aromatic amines is 1. The first-order valence-electron chi connectivity index (χ1n) is 4.20. The van der Waals surface area contributed by atoms with Crippen LogP contribution in [0.2, 0.25) is 0 Å². The van der Waals surface area contributed by atoms with Gasteiger partial charge in [0.15, 0.2) is 0 Å². The summed E-state index contributed by atoms with van der Waals surface area (Å²) in [5.74, 6) is 0.0983. The number of H-pyrrole nitrogens is 1. The molecular formula is C9H12N2O2. The minimum absolute atomic E-state index is 0.0983. The lowest BCUT2D eigenvalue weighted by Crippen LogP contribution is -2.15. The van der Waals surface area contributed by atoms with Gasteiger partial charge in [-0.25, -0.2) is 4.98 Å². The van der Waals surface area contributed by atoms with Crippen LogP contribution in [0, 0.1) is 6.92 Å². The van der Waals surface area contributed by atoms with Crippen LogP contribution in [0.5, 0.6) is 0 Å². The van der Waals surface area contributed by atoms with E-state index in [1.165, 1.54) is 6.33 Å². The molecule has 0 fully saturated rings. The highest BCUT2D eigenvalue weighted by Gasteiger charge is 2.07. The fourth-order valence-corrected chi connectivity index (χ4v) is 0.995. The van der Waals surface area contributed by atoms with Crippen molar-refractivity contribution in [2.75, 3.05) is 0 Å². The number of nitrogens with zero attached hydrogens (tertiary/aromatic N) is 1. The molecule has 13 heavy (non-hydrogen) atoms. The Bertz CT molecular complexity index is 368. The Morgan fingerprint density at radius 3 is 2.92 bits per heavy atom. The van der Waals surface area contributed by atoms with Crippen molar-refractivity contribution in [2.24, 2.45) is 0 Å². The molecule has 1 N–H and O–H groups in total. The second-order valence-electron chi connectivity index (χ2n) is 2.87. The highest BCUT2D eigenvalue weighted by Crippen LogP contribution is 1.99. The Labute approximate surface area is 76.0 Å². The Morgan fingerprint density at radius 2 is 2.31 bits per heavy atom. The molecule has 0 aromatic carbocycles. The highest BCUT2D eigenvalue weighted by molar-refractivity contribution is 5.80. The van der Waals surface area contributed by atoms with Gasteiger partial charge in [0, 0.05) is 18.4 Å². The maximum absolute atomic E-state index is 11.1. The maximum Gasteiger partial charge on any atom is 0.253 e. The fourth-order valence-electron chi connectivity index (χ4n) is 0.995. The molecule has 4 heteroatoms. The summed E-state index contributed by atoms with van der Waals surface area (Å²) in [7, 11) is 0. The summed E-state index contributed by atoms with van der Waals surface area (Å²) < 4.78 is 0. The number of Topliss-reactive ketones (excluding diaryl/α,β-unsaturated/α-hetero) is 1. The zero-order valence-electron chi connectivity index (χ0n) is 7.76. The summed E-state index contributed by atoms with van der Waals surface area (Å²) in [6.07, 6.45) is 2.06. The van der Waals surface area contributed by atoms with Gasteiger partial charge in [-0.05, 0) is 6.92 Å². The molecule has 1 heterocycles. The topological polar surface area (TPSA) is 62.8 Å². The van der Waals surface area contributed by atoms with E-state index in [9.17, 15) is 9.59 Å². The largest absolute Gasteiger partial charge is 0.313 e. The molecule has 0 saturated carbocycles. The number of aromatic nitrogens is 2. The van der Waals surface area contributed by atoms with Crippen molar-refractivity contribution in [3.05, 3.63) is 27.9 Å². The Hall–Kier alpha value is -1.45. The Kier molecular flexibility index (Phi) is 2.95. The highest BCUT2D eigenvalue weighted by atomic mass is 16.1. The monoisotopic (exact) mass is 180 g/mol. The summed E-state index contributed by atoms with van der Waals surface area (Å²) in [5.41, 5.74) is 0.939. The average molecular weight is 180 g/mol. The van der Waals surface area contributed by atoms with Crippen molar-refractivity contribution in [1.82, 2.24) is 9.97 Å². The Balaban J connectivity index is 2.96. The minimum atomic E-state index is -0.172. The van der Waals surface area contributed by atoms with Crippen molar-refractivity contribution in [3.8, 4) is 0 Å². The quantitative estimate of drug-likeness (QED) is 0.740. The first kappa shape index (κ1) is 9.64. The standard InChI is InChI=1S/C9H12N2O2/c1-3-7(12)4-8-6(2)9(13)11-5-10-8/h5H,3-4H2,1-2H3,(H,10,11,13). The lowest BCUT2D eigenvalue weighted by atomic mass is 10.1. The molecule has 1 aromatic heterocycles. The van der Waals surface area contributed by atoms with E-state index in [2.05, 4.69) is 9.97 Å². The number of hydrogen-bond donors (Lipinski definition) is 1. The van der Waals surface area contributed by atoms with Crippen LogP contribution in [0.15, 0.2) is 11.1 Å². The SMILES string of the molecule is CCC(=O)Cc1nc[nH]c(=O)c1C. The molecule has 0 unspecified atom stereocenters. The summed E-state index contributed by atoms with van der Waals surface area (Å²) >= 11 is 0. The van der Waals surface area contributed by atoms with Gasteiger partial charge in [-0.3, -0.25) is 9.59 Å². The van der Waals surface area contributed by atoms with Gasteiger partial charge in [0.25, 0.3) is 5.56 Å². The summed E-state index contributed by atoms with van der Waals surface area (Å²) in [4.78, 5) is 28.6. The molecule has 4 nitrogen and oxygen atoms in total. The van der Waals surface area contributed by atoms with Gasteiger partial charge in [0.05, 0.1) is 12.0 Å². The number of carbonyl (C=O) groups excluding carboxylic acids is 1. The van der Waals surface area contributed by atoms with Crippen molar-refractivity contribution in [2.45, 2.75) is 26.7 Å². The molecule has 0 radical (unpaired) electrons. The van der Waals surface area contributed by atoms with Crippen LogP contribution in [0.25, 0.3) is 0 Å².